The van der Waals surface area contributed by atoms with Crippen molar-refractivity contribution in [2.24, 2.45) is 0 Å². The molecule has 0 bridgehead atoms. The van der Waals surface area contributed by atoms with E-state index in [-0.39, 0.29) is 24.6 Å². The van der Waals surface area contributed by atoms with Crippen LogP contribution in [0.25, 0.3) is 0 Å². The van der Waals surface area contributed by atoms with Gasteiger partial charge in [0, 0.05) is 6.04 Å². The number of carbonyl (C=O) groups is 1. The number of amides is 1. The van der Waals surface area contributed by atoms with Gasteiger partial charge in [0.2, 0.25) is 5.91 Å². The van der Waals surface area contributed by atoms with E-state index in [1.165, 1.54) is 10.9 Å². The van der Waals surface area contributed by atoms with Crippen molar-refractivity contribution in [1.29, 1.82) is 0 Å². The summed E-state index contributed by atoms with van der Waals surface area (Å²) in [6, 6.07) is 0.319. The van der Waals surface area contributed by atoms with Crippen molar-refractivity contribution in [3.05, 3.63) is 21.0 Å². The number of halogens is 1. The van der Waals surface area contributed by atoms with E-state index in [0.717, 1.165) is 12.8 Å². The highest BCUT2D eigenvalue weighted by molar-refractivity contribution is 9.10. The van der Waals surface area contributed by atoms with Gasteiger partial charge in [0.1, 0.15) is 11.0 Å². The highest BCUT2D eigenvalue weighted by atomic mass is 79.9. The lowest BCUT2D eigenvalue weighted by Gasteiger charge is -2.09. The van der Waals surface area contributed by atoms with Crippen LogP contribution >= 0.6 is 15.9 Å². The Morgan fingerprint density at radius 1 is 1.63 bits per heavy atom. The van der Waals surface area contributed by atoms with Gasteiger partial charge in [-0.25, -0.2) is 4.68 Å². The van der Waals surface area contributed by atoms with E-state index in [9.17, 15) is 9.59 Å². The van der Waals surface area contributed by atoms with Crippen LogP contribution in [-0.4, -0.2) is 28.3 Å². The second kappa shape index (κ2) is 5.89. The van der Waals surface area contributed by atoms with E-state index in [0.29, 0.717) is 16.2 Å². The number of hydrogen-bond acceptors (Lipinski definition) is 4. The molecule has 1 heterocycles. The van der Waals surface area contributed by atoms with Crippen molar-refractivity contribution in [1.82, 2.24) is 15.1 Å². The number of anilines is 1. The fourth-order valence-corrected chi connectivity index (χ4v) is 1.92. The minimum absolute atomic E-state index is 0.0952. The average Bonchev–Trinajstić information content (AvgIpc) is 3.18. The first-order valence-electron chi connectivity index (χ1n) is 5.84. The molecule has 1 aromatic rings. The van der Waals surface area contributed by atoms with Crippen LogP contribution in [0.2, 0.25) is 0 Å². The summed E-state index contributed by atoms with van der Waals surface area (Å²) in [6.07, 6.45) is 8.68. The maximum Gasteiger partial charge on any atom is 0.284 e. The van der Waals surface area contributed by atoms with E-state index < -0.39 is 0 Å². The number of aromatic nitrogens is 2. The first kappa shape index (κ1) is 13.6. The molecule has 6 nitrogen and oxygen atoms in total. The molecule has 0 unspecified atom stereocenters. The Labute approximate surface area is 118 Å². The monoisotopic (exact) mass is 324 g/mol. The van der Waals surface area contributed by atoms with Crippen LogP contribution in [0.4, 0.5) is 5.69 Å². The van der Waals surface area contributed by atoms with Crippen molar-refractivity contribution in [3.8, 4) is 12.3 Å². The van der Waals surface area contributed by atoms with Crippen LogP contribution in [0, 0.1) is 12.3 Å². The van der Waals surface area contributed by atoms with Gasteiger partial charge in [0.25, 0.3) is 5.56 Å². The molecule has 0 aromatic carbocycles. The molecule has 0 radical (unpaired) electrons. The van der Waals surface area contributed by atoms with Gasteiger partial charge in [-0.3, -0.25) is 9.59 Å². The molecule has 2 N–H and O–H groups in total. The van der Waals surface area contributed by atoms with E-state index in [1.54, 1.807) is 0 Å². The molecular weight excluding hydrogens is 312 g/mol. The van der Waals surface area contributed by atoms with Gasteiger partial charge in [0.15, 0.2) is 0 Å². The Morgan fingerprint density at radius 3 is 3.00 bits per heavy atom. The number of nitrogens with one attached hydrogen (secondary N) is 2. The summed E-state index contributed by atoms with van der Waals surface area (Å²) in [6.45, 7) is 0.218. The average molecular weight is 325 g/mol. The Kier molecular flexibility index (Phi) is 4.22. The predicted octanol–water partition coefficient (Wildman–Crippen LogP) is 0.329. The van der Waals surface area contributed by atoms with Crippen molar-refractivity contribution in [3.63, 3.8) is 0 Å². The van der Waals surface area contributed by atoms with Gasteiger partial charge < -0.3 is 10.6 Å². The number of nitrogens with zero attached hydrogens (tertiary/aromatic N) is 2. The van der Waals surface area contributed by atoms with Gasteiger partial charge in [0.05, 0.1) is 18.4 Å². The number of carbonyl (C=O) groups excluding carboxylic acids is 1. The lowest BCUT2D eigenvalue weighted by Crippen LogP contribution is -2.32. The summed E-state index contributed by atoms with van der Waals surface area (Å²) >= 11 is 3.18. The molecule has 0 spiro atoms. The molecule has 7 heteroatoms. The molecule has 0 saturated heterocycles. The van der Waals surface area contributed by atoms with E-state index >= 15 is 0 Å². The molecule has 1 saturated carbocycles. The normalized spacial score (nSPS) is 13.7. The largest absolute Gasteiger partial charge is 0.374 e. The minimum atomic E-state index is -0.328. The van der Waals surface area contributed by atoms with Crippen LogP contribution in [0.3, 0.4) is 0 Å². The summed E-state index contributed by atoms with van der Waals surface area (Å²) in [4.78, 5) is 23.3. The molecule has 19 heavy (non-hydrogen) atoms. The number of terminal acetylenes is 1. The third-order valence-electron chi connectivity index (χ3n) is 2.61. The third kappa shape index (κ3) is 3.58. The van der Waals surface area contributed by atoms with E-state index in [4.69, 9.17) is 6.42 Å². The Balaban J connectivity index is 2.00. The van der Waals surface area contributed by atoms with E-state index in [1.807, 2.05) is 0 Å². The molecule has 0 atom stereocenters. The molecule has 2 rings (SSSR count). The van der Waals surface area contributed by atoms with Crippen molar-refractivity contribution in [2.45, 2.75) is 25.4 Å². The number of rotatable bonds is 5. The van der Waals surface area contributed by atoms with Crippen LogP contribution in [0.5, 0.6) is 0 Å². The summed E-state index contributed by atoms with van der Waals surface area (Å²) in [5.74, 6) is 2.25. The highest BCUT2D eigenvalue weighted by Gasteiger charge is 2.23. The fourth-order valence-electron chi connectivity index (χ4n) is 1.47. The second-order valence-corrected chi connectivity index (χ2v) is 5.03. The number of hydrogen-bond donors (Lipinski definition) is 2. The maximum absolute atomic E-state index is 11.8. The molecule has 0 aliphatic heterocycles. The minimum Gasteiger partial charge on any atom is -0.374 e. The summed E-state index contributed by atoms with van der Waals surface area (Å²) in [5.41, 5.74) is 0.148. The van der Waals surface area contributed by atoms with Crippen LogP contribution in [-0.2, 0) is 11.3 Å². The predicted molar refractivity (Wildman–Crippen MR) is 74.7 cm³/mol. The maximum atomic E-state index is 11.8. The van der Waals surface area contributed by atoms with Crippen molar-refractivity contribution >= 4 is 27.5 Å². The van der Waals surface area contributed by atoms with Gasteiger partial charge in [-0.15, -0.1) is 6.42 Å². The van der Waals surface area contributed by atoms with Crippen molar-refractivity contribution in [2.75, 3.05) is 11.9 Å². The zero-order valence-electron chi connectivity index (χ0n) is 10.1. The molecule has 100 valence electrons. The first-order chi connectivity index (χ1) is 9.11. The zero-order valence-corrected chi connectivity index (χ0v) is 11.7. The van der Waals surface area contributed by atoms with Gasteiger partial charge in [-0.2, -0.15) is 5.10 Å². The van der Waals surface area contributed by atoms with Crippen LogP contribution in [0.15, 0.2) is 15.5 Å². The van der Waals surface area contributed by atoms with Gasteiger partial charge in [-0.05, 0) is 28.8 Å². The summed E-state index contributed by atoms with van der Waals surface area (Å²) in [5, 5.41) is 9.63. The molecule has 1 amide bonds. The summed E-state index contributed by atoms with van der Waals surface area (Å²) in [7, 11) is 0. The lowest BCUT2D eigenvalue weighted by atomic mass is 10.4. The molecule has 1 aromatic heterocycles. The SMILES string of the molecule is C#CCn1ncc(NCC(=O)NC2CC2)c(Br)c1=O. The highest BCUT2D eigenvalue weighted by Crippen LogP contribution is 2.19. The molecular formula is C12H13BrN4O2. The quantitative estimate of drug-likeness (QED) is 0.765. The molecule has 1 aliphatic carbocycles. The third-order valence-corrected chi connectivity index (χ3v) is 3.37. The molecule has 1 fully saturated rings. The Bertz CT molecular complexity index is 586. The second-order valence-electron chi connectivity index (χ2n) is 4.23. The topological polar surface area (TPSA) is 76.0 Å². The Hall–Kier alpha value is -1.81. The van der Waals surface area contributed by atoms with Gasteiger partial charge in [-0.1, -0.05) is 5.92 Å². The van der Waals surface area contributed by atoms with Gasteiger partial charge >= 0.3 is 0 Å². The van der Waals surface area contributed by atoms with Crippen LogP contribution < -0.4 is 16.2 Å². The smallest absolute Gasteiger partial charge is 0.284 e. The Morgan fingerprint density at radius 2 is 2.37 bits per heavy atom. The molecule has 1 aliphatic rings. The zero-order chi connectivity index (χ0) is 13.8. The first-order valence-corrected chi connectivity index (χ1v) is 6.63. The summed E-state index contributed by atoms with van der Waals surface area (Å²) < 4.78 is 1.48. The van der Waals surface area contributed by atoms with Crippen LogP contribution in [0.1, 0.15) is 12.8 Å². The van der Waals surface area contributed by atoms with Crippen molar-refractivity contribution < 1.29 is 4.79 Å². The lowest BCUT2D eigenvalue weighted by molar-refractivity contribution is -0.119. The fraction of sp³-hybridized carbons (Fsp3) is 0.417. The standard InChI is InChI=1S/C12H13BrN4O2/c1-2-5-17-12(19)11(13)9(6-15-17)14-7-10(18)16-8-3-4-8/h1,6,8,14H,3-5,7H2,(H,16,18). The van der Waals surface area contributed by atoms with E-state index in [2.05, 4.69) is 37.6 Å².